The predicted molar refractivity (Wildman–Crippen MR) is 103 cm³/mol. The number of carbonyl (C=O) groups is 2. The molecule has 2 atom stereocenters. The van der Waals surface area contributed by atoms with Crippen molar-refractivity contribution in [2.24, 2.45) is 17.6 Å². The highest BCUT2D eigenvalue weighted by Crippen LogP contribution is 2.31. The number of carbonyl (C=O) groups excluding carboxylic acids is 2. The van der Waals surface area contributed by atoms with E-state index in [9.17, 15) is 9.59 Å². The van der Waals surface area contributed by atoms with Gasteiger partial charge in [0, 0.05) is 37.8 Å². The Bertz CT molecular complexity index is 623. The van der Waals surface area contributed by atoms with Gasteiger partial charge in [0.05, 0.1) is 6.42 Å². The first kappa shape index (κ1) is 18.9. The van der Waals surface area contributed by atoms with Crippen molar-refractivity contribution in [2.75, 3.05) is 45.1 Å². The van der Waals surface area contributed by atoms with Gasteiger partial charge < -0.3 is 20.9 Å². The summed E-state index contributed by atoms with van der Waals surface area (Å²) in [6.07, 6.45) is 3.45. The number of likely N-dealkylation sites (N-methyl/N-ethyl adjacent to an activating group) is 1. The van der Waals surface area contributed by atoms with Crippen LogP contribution in [0.4, 0.5) is 5.69 Å². The molecular formula is C20H30N4O2. The van der Waals surface area contributed by atoms with Gasteiger partial charge >= 0.3 is 0 Å². The summed E-state index contributed by atoms with van der Waals surface area (Å²) in [4.78, 5) is 29.0. The maximum absolute atomic E-state index is 12.4. The van der Waals surface area contributed by atoms with Gasteiger partial charge in [0.2, 0.25) is 11.8 Å². The van der Waals surface area contributed by atoms with Crippen LogP contribution in [0.2, 0.25) is 0 Å². The molecule has 3 N–H and O–H groups in total. The van der Waals surface area contributed by atoms with E-state index in [2.05, 4.69) is 17.3 Å². The van der Waals surface area contributed by atoms with E-state index in [0.29, 0.717) is 18.9 Å². The molecule has 2 aliphatic rings. The molecule has 26 heavy (non-hydrogen) atoms. The number of anilines is 1. The Morgan fingerprint density at radius 2 is 1.81 bits per heavy atom. The van der Waals surface area contributed by atoms with Crippen molar-refractivity contribution in [1.29, 1.82) is 0 Å². The van der Waals surface area contributed by atoms with E-state index in [1.54, 1.807) is 0 Å². The van der Waals surface area contributed by atoms with E-state index in [-0.39, 0.29) is 17.7 Å². The molecule has 0 unspecified atom stereocenters. The molecule has 1 aromatic carbocycles. The average molecular weight is 358 g/mol. The first-order valence-electron chi connectivity index (χ1n) is 9.63. The molecule has 0 radical (unpaired) electrons. The zero-order valence-corrected chi connectivity index (χ0v) is 15.6. The number of benzene rings is 1. The molecule has 0 bridgehead atoms. The smallest absolute Gasteiger partial charge is 0.227 e. The normalized spacial score (nSPS) is 23.8. The molecule has 1 aromatic rings. The van der Waals surface area contributed by atoms with Gasteiger partial charge in [-0.1, -0.05) is 18.6 Å². The van der Waals surface area contributed by atoms with Gasteiger partial charge in [-0.25, -0.2) is 0 Å². The maximum Gasteiger partial charge on any atom is 0.227 e. The molecule has 1 heterocycles. The van der Waals surface area contributed by atoms with Crippen LogP contribution in [0.5, 0.6) is 0 Å². The van der Waals surface area contributed by atoms with E-state index < -0.39 is 0 Å². The third-order valence-corrected chi connectivity index (χ3v) is 5.73. The van der Waals surface area contributed by atoms with Crippen LogP contribution in [0.15, 0.2) is 24.3 Å². The van der Waals surface area contributed by atoms with Gasteiger partial charge in [-0.05, 0) is 50.0 Å². The Kier molecular flexibility index (Phi) is 6.27. The van der Waals surface area contributed by atoms with E-state index in [4.69, 9.17) is 5.73 Å². The summed E-state index contributed by atoms with van der Waals surface area (Å²) in [5.41, 5.74) is 7.54. The minimum atomic E-state index is 0.0264. The lowest BCUT2D eigenvalue weighted by molar-refractivity contribution is -0.132. The van der Waals surface area contributed by atoms with E-state index in [1.165, 1.54) is 0 Å². The fraction of sp³-hybridized carbons (Fsp3) is 0.600. The number of piperazine rings is 1. The number of hydrogen-bond donors (Lipinski definition) is 2. The van der Waals surface area contributed by atoms with Crippen molar-refractivity contribution in [3.8, 4) is 0 Å². The number of hydrogen-bond acceptors (Lipinski definition) is 4. The van der Waals surface area contributed by atoms with Crippen molar-refractivity contribution >= 4 is 17.5 Å². The number of nitrogens with two attached hydrogens (primary N) is 1. The van der Waals surface area contributed by atoms with Gasteiger partial charge in [0.25, 0.3) is 0 Å². The van der Waals surface area contributed by atoms with E-state index in [1.807, 2.05) is 29.2 Å². The number of nitrogens with one attached hydrogen (secondary N) is 1. The van der Waals surface area contributed by atoms with Crippen LogP contribution in [0.1, 0.15) is 24.8 Å². The lowest BCUT2D eigenvalue weighted by Gasteiger charge is -2.32. The van der Waals surface area contributed by atoms with Crippen LogP contribution in [0, 0.1) is 11.8 Å². The third-order valence-electron chi connectivity index (χ3n) is 5.73. The van der Waals surface area contributed by atoms with Gasteiger partial charge in [-0.3, -0.25) is 9.59 Å². The highest BCUT2D eigenvalue weighted by Gasteiger charge is 2.31. The second-order valence-electron chi connectivity index (χ2n) is 7.58. The quantitative estimate of drug-likeness (QED) is 0.832. The molecule has 142 valence electrons. The van der Waals surface area contributed by atoms with Gasteiger partial charge in [-0.2, -0.15) is 0 Å². The standard InChI is InChI=1S/C20H30N4O2/c1-23-9-11-24(12-10-23)19(25)13-15-5-7-17(8-6-15)22-20(26)18-4-2-3-16(18)14-21/h5-8,16,18H,2-4,9-14,21H2,1H3,(H,22,26)/t16-,18-/m1/s1. The molecule has 1 aliphatic heterocycles. The second-order valence-corrected chi connectivity index (χ2v) is 7.58. The van der Waals surface area contributed by atoms with Crippen molar-refractivity contribution in [2.45, 2.75) is 25.7 Å². The van der Waals surface area contributed by atoms with Crippen LogP contribution in [-0.2, 0) is 16.0 Å². The highest BCUT2D eigenvalue weighted by atomic mass is 16.2. The number of amides is 2. The Hall–Kier alpha value is -1.92. The van der Waals surface area contributed by atoms with Crippen molar-refractivity contribution in [3.63, 3.8) is 0 Å². The van der Waals surface area contributed by atoms with Crippen LogP contribution in [0.25, 0.3) is 0 Å². The Morgan fingerprint density at radius 3 is 2.46 bits per heavy atom. The van der Waals surface area contributed by atoms with Crippen LogP contribution >= 0.6 is 0 Å². The molecule has 0 spiro atoms. The van der Waals surface area contributed by atoms with Crippen LogP contribution < -0.4 is 11.1 Å². The minimum absolute atomic E-state index is 0.0264. The summed E-state index contributed by atoms with van der Waals surface area (Å²) in [5.74, 6) is 0.569. The molecular weight excluding hydrogens is 328 g/mol. The number of nitrogens with zero attached hydrogens (tertiary/aromatic N) is 2. The molecule has 6 heteroatoms. The Balaban J connectivity index is 1.52. The summed E-state index contributed by atoms with van der Waals surface area (Å²) in [7, 11) is 2.08. The van der Waals surface area contributed by atoms with Crippen molar-refractivity contribution in [1.82, 2.24) is 9.80 Å². The summed E-state index contributed by atoms with van der Waals surface area (Å²) in [6, 6.07) is 7.63. The molecule has 1 saturated heterocycles. The first-order chi connectivity index (χ1) is 12.6. The SMILES string of the molecule is CN1CCN(C(=O)Cc2ccc(NC(=O)[C@@H]3CCC[C@@H]3CN)cc2)CC1. The fourth-order valence-electron chi connectivity index (χ4n) is 3.95. The zero-order valence-electron chi connectivity index (χ0n) is 15.6. The lowest BCUT2D eigenvalue weighted by Crippen LogP contribution is -2.47. The Labute approximate surface area is 155 Å². The molecule has 1 aliphatic carbocycles. The van der Waals surface area contributed by atoms with E-state index >= 15 is 0 Å². The molecule has 2 amide bonds. The Morgan fingerprint density at radius 1 is 1.12 bits per heavy atom. The minimum Gasteiger partial charge on any atom is -0.340 e. The lowest BCUT2D eigenvalue weighted by atomic mass is 9.95. The topological polar surface area (TPSA) is 78.7 Å². The summed E-state index contributed by atoms with van der Waals surface area (Å²) in [6.45, 7) is 4.04. The van der Waals surface area contributed by atoms with Crippen molar-refractivity contribution in [3.05, 3.63) is 29.8 Å². The third kappa shape index (κ3) is 4.62. The largest absolute Gasteiger partial charge is 0.340 e. The summed E-state index contributed by atoms with van der Waals surface area (Å²) in [5, 5.41) is 3.00. The van der Waals surface area contributed by atoms with Crippen LogP contribution in [-0.4, -0.2) is 61.4 Å². The maximum atomic E-state index is 12.4. The van der Waals surface area contributed by atoms with Gasteiger partial charge in [0.15, 0.2) is 0 Å². The monoisotopic (exact) mass is 358 g/mol. The first-order valence-corrected chi connectivity index (χ1v) is 9.63. The molecule has 1 saturated carbocycles. The molecule has 6 nitrogen and oxygen atoms in total. The van der Waals surface area contributed by atoms with Crippen LogP contribution in [0.3, 0.4) is 0 Å². The molecule has 2 fully saturated rings. The summed E-state index contributed by atoms with van der Waals surface area (Å²) >= 11 is 0. The van der Waals surface area contributed by atoms with E-state index in [0.717, 1.165) is 56.7 Å². The highest BCUT2D eigenvalue weighted by molar-refractivity contribution is 5.93. The summed E-state index contributed by atoms with van der Waals surface area (Å²) < 4.78 is 0. The second kappa shape index (κ2) is 8.64. The number of rotatable bonds is 5. The van der Waals surface area contributed by atoms with Gasteiger partial charge in [-0.15, -0.1) is 0 Å². The zero-order chi connectivity index (χ0) is 18.5. The predicted octanol–water partition coefficient (Wildman–Crippen LogP) is 1.32. The van der Waals surface area contributed by atoms with Gasteiger partial charge in [0.1, 0.15) is 0 Å². The average Bonchev–Trinajstić information content (AvgIpc) is 3.13. The molecule has 3 rings (SSSR count). The fourth-order valence-corrected chi connectivity index (χ4v) is 3.95. The molecule has 0 aromatic heterocycles. The van der Waals surface area contributed by atoms with Crippen molar-refractivity contribution < 1.29 is 9.59 Å².